The fourth-order valence-electron chi connectivity index (χ4n) is 3.71. The minimum atomic E-state index is 0.0831. The lowest BCUT2D eigenvalue weighted by Gasteiger charge is -2.35. The quantitative estimate of drug-likeness (QED) is 0.709. The zero-order valence-electron chi connectivity index (χ0n) is 15.9. The Labute approximate surface area is 164 Å². The third-order valence-electron chi connectivity index (χ3n) is 5.22. The van der Waals surface area contributed by atoms with E-state index in [0.29, 0.717) is 18.7 Å². The first-order valence-corrected chi connectivity index (χ1v) is 9.51. The number of hydrogen-bond donors (Lipinski definition) is 0. The molecule has 0 N–H and O–H groups in total. The molecule has 0 aliphatic carbocycles. The predicted octanol–water partition coefficient (Wildman–Crippen LogP) is 3.37. The Bertz CT molecular complexity index is 1040. The Hall–Kier alpha value is -3.23. The second kappa shape index (κ2) is 7.79. The Balaban J connectivity index is 1.44. The third kappa shape index (κ3) is 3.73. The van der Waals surface area contributed by atoms with Crippen molar-refractivity contribution in [2.24, 2.45) is 0 Å². The maximum absolute atomic E-state index is 13.2. The molecule has 1 aliphatic rings. The van der Waals surface area contributed by atoms with Crippen molar-refractivity contribution in [2.45, 2.75) is 13.5 Å². The minimum Gasteiger partial charge on any atom is -0.336 e. The van der Waals surface area contributed by atoms with Gasteiger partial charge in [-0.2, -0.15) is 5.26 Å². The molecule has 4 rings (SSSR count). The second-order valence-electron chi connectivity index (χ2n) is 7.21. The monoisotopic (exact) mass is 370 g/mol. The summed E-state index contributed by atoms with van der Waals surface area (Å²) < 4.78 is 0. The number of nitrogens with zero attached hydrogens (tertiary/aromatic N) is 4. The van der Waals surface area contributed by atoms with Gasteiger partial charge in [0.1, 0.15) is 0 Å². The van der Waals surface area contributed by atoms with Crippen LogP contribution in [0.1, 0.15) is 27.2 Å². The van der Waals surface area contributed by atoms with E-state index >= 15 is 0 Å². The highest BCUT2D eigenvalue weighted by molar-refractivity contribution is 6.06. The molecule has 140 valence electrons. The lowest BCUT2D eigenvalue weighted by atomic mass is 10.1. The first-order valence-electron chi connectivity index (χ1n) is 9.51. The molecule has 2 heterocycles. The first-order chi connectivity index (χ1) is 13.6. The lowest BCUT2D eigenvalue weighted by Crippen LogP contribution is -2.48. The van der Waals surface area contributed by atoms with E-state index in [4.69, 9.17) is 5.26 Å². The number of aromatic nitrogens is 1. The molecule has 28 heavy (non-hydrogen) atoms. The van der Waals surface area contributed by atoms with Crippen LogP contribution in [0.5, 0.6) is 0 Å². The number of benzene rings is 2. The molecule has 3 aromatic rings. The molecule has 1 aliphatic heterocycles. The zero-order valence-corrected chi connectivity index (χ0v) is 15.9. The van der Waals surface area contributed by atoms with Crippen LogP contribution in [0.15, 0.2) is 54.6 Å². The molecule has 1 amide bonds. The third-order valence-corrected chi connectivity index (χ3v) is 5.22. The second-order valence-corrected chi connectivity index (χ2v) is 7.21. The molecular formula is C23H22N4O. The number of aryl methyl sites for hydroxylation is 1. The molecule has 0 unspecified atom stereocenters. The molecule has 1 saturated heterocycles. The highest BCUT2D eigenvalue weighted by Gasteiger charge is 2.23. The summed E-state index contributed by atoms with van der Waals surface area (Å²) in [4.78, 5) is 22.0. The maximum Gasteiger partial charge on any atom is 0.254 e. The Kier molecular flexibility index (Phi) is 5.05. The van der Waals surface area contributed by atoms with Crippen LogP contribution in [-0.2, 0) is 6.54 Å². The Morgan fingerprint density at radius 2 is 1.79 bits per heavy atom. The van der Waals surface area contributed by atoms with Crippen LogP contribution in [-0.4, -0.2) is 46.9 Å². The van der Waals surface area contributed by atoms with Crippen LogP contribution in [0.3, 0.4) is 0 Å². The predicted molar refractivity (Wildman–Crippen MR) is 109 cm³/mol. The van der Waals surface area contributed by atoms with E-state index in [-0.39, 0.29) is 5.91 Å². The summed E-state index contributed by atoms with van der Waals surface area (Å²) in [5, 5.41) is 9.82. The van der Waals surface area contributed by atoms with Crippen molar-refractivity contribution in [2.75, 3.05) is 26.2 Å². The molecule has 0 radical (unpaired) electrons. The molecular weight excluding hydrogens is 348 g/mol. The van der Waals surface area contributed by atoms with Crippen LogP contribution < -0.4 is 0 Å². The summed E-state index contributed by atoms with van der Waals surface area (Å²) in [6.07, 6.45) is 0. The average molecular weight is 370 g/mol. The Morgan fingerprint density at radius 3 is 2.50 bits per heavy atom. The molecule has 0 saturated carbocycles. The van der Waals surface area contributed by atoms with Crippen LogP contribution in [0.25, 0.3) is 10.9 Å². The van der Waals surface area contributed by atoms with Crippen molar-refractivity contribution in [3.05, 3.63) is 77.0 Å². The lowest BCUT2D eigenvalue weighted by molar-refractivity contribution is 0.0630. The summed E-state index contributed by atoms with van der Waals surface area (Å²) in [5.41, 5.74) is 4.34. The van der Waals surface area contributed by atoms with Crippen LogP contribution in [0.4, 0.5) is 0 Å². The van der Waals surface area contributed by atoms with Crippen LogP contribution in [0.2, 0.25) is 0 Å². The van der Waals surface area contributed by atoms with Gasteiger partial charge in [0, 0.05) is 43.8 Å². The van der Waals surface area contributed by atoms with E-state index in [1.54, 1.807) is 0 Å². The molecule has 0 atom stereocenters. The van der Waals surface area contributed by atoms with Crippen molar-refractivity contribution in [3.8, 4) is 6.07 Å². The molecule has 5 nitrogen and oxygen atoms in total. The molecule has 0 bridgehead atoms. The maximum atomic E-state index is 13.2. The fraction of sp³-hybridized carbons (Fsp3) is 0.261. The Morgan fingerprint density at radius 1 is 1.07 bits per heavy atom. The SMILES string of the molecule is Cc1cc(C(=O)N2CCN(Cc3ccc(C#N)cc3)CC2)c2ccccc2n1. The summed E-state index contributed by atoms with van der Waals surface area (Å²) >= 11 is 0. The van der Waals surface area contributed by atoms with E-state index in [1.165, 1.54) is 5.56 Å². The standard InChI is InChI=1S/C23H22N4O/c1-17-14-21(20-4-2-3-5-22(20)25-17)23(28)27-12-10-26(11-13-27)16-19-8-6-18(15-24)7-9-19/h2-9,14H,10-13,16H2,1H3. The van der Waals surface area contributed by atoms with Gasteiger partial charge < -0.3 is 4.90 Å². The van der Waals surface area contributed by atoms with E-state index in [2.05, 4.69) is 16.0 Å². The first kappa shape index (κ1) is 18.1. The van der Waals surface area contributed by atoms with E-state index in [0.717, 1.165) is 41.8 Å². The number of rotatable bonds is 3. The highest BCUT2D eigenvalue weighted by atomic mass is 16.2. The number of para-hydroxylation sites is 1. The number of piperazine rings is 1. The van der Waals surface area contributed by atoms with Gasteiger partial charge in [-0.25, -0.2) is 0 Å². The highest BCUT2D eigenvalue weighted by Crippen LogP contribution is 2.21. The molecule has 5 heteroatoms. The van der Waals surface area contributed by atoms with Crippen molar-refractivity contribution in [1.29, 1.82) is 5.26 Å². The van der Waals surface area contributed by atoms with Crippen molar-refractivity contribution < 1.29 is 4.79 Å². The summed E-state index contributed by atoms with van der Waals surface area (Å²) in [6, 6.07) is 19.6. The summed E-state index contributed by atoms with van der Waals surface area (Å²) in [6.45, 7) is 5.88. The van der Waals surface area contributed by atoms with Gasteiger partial charge in [-0.3, -0.25) is 14.7 Å². The largest absolute Gasteiger partial charge is 0.336 e. The van der Waals surface area contributed by atoms with Crippen molar-refractivity contribution >= 4 is 16.8 Å². The number of carbonyl (C=O) groups is 1. The zero-order chi connectivity index (χ0) is 19.5. The molecule has 2 aromatic carbocycles. The molecule has 0 spiro atoms. The normalized spacial score (nSPS) is 14.8. The number of pyridine rings is 1. The van der Waals surface area contributed by atoms with Gasteiger partial charge in [0.25, 0.3) is 5.91 Å². The smallest absolute Gasteiger partial charge is 0.254 e. The van der Waals surface area contributed by atoms with Crippen molar-refractivity contribution in [1.82, 2.24) is 14.8 Å². The van der Waals surface area contributed by atoms with Crippen LogP contribution >= 0.6 is 0 Å². The van der Waals surface area contributed by atoms with Gasteiger partial charge in [-0.1, -0.05) is 30.3 Å². The summed E-state index contributed by atoms with van der Waals surface area (Å²) in [7, 11) is 0. The number of fused-ring (bicyclic) bond motifs is 1. The van der Waals surface area contributed by atoms with Gasteiger partial charge in [-0.15, -0.1) is 0 Å². The number of carbonyl (C=O) groups excluding carboxylic acids is 1. The van der Waals surface area contributed by atoms with E-state index < -0.39 is 0 Å². The van der Waals surface area contributed by atoms with E-state index in [9.17, 15) is 4.79 Å². The molecule has 1 aromatic heterocycles. The van der Waals surface area contributed by atoms with Gasteiger partial charge in [0.15, 0.2) is 0 Å². The minimum absolute atomic E-state index is 0.0831. The van der Waals surface area contributed by atoms with Crippen molar-refractivity contribution in [3.63, 3.8) is 0 Å². The van der Waals surface area contributed by atoms with Gasteiger partial charge in [0.05, 0.1) is 22.7 Å². The number of hydrogen-bond acceptors (Lipinski definition) is 4. The number of nitriles is 1. The van der Waals surface area contributed by atoms with Gasteiger partial charge in [0.2, 0.25) is 0 Å². The topological polar surface area (TPSA) is 60.2 Å². The van der Waals surface area contributed by atoms with Gasteiger partial charge in [-0.05, 0) is 36.8 Å². The van der Waals surface area contributed by atoms with Crippen LogP contribution in [0, 0.1) is 18.3 Å². The number of amides is 1. The fourth-order valence-corrected chi connectivity index (χ4v) is 3.71. The van der Waals surface area contributed by atoms with Gasteiger partial charge >= 0.3 is 0 Å². The van der Waals surface area contributed by atoms with E-state index in [1.807, 2.05) is 66.4 Å². The summed E-state index contributed by atoms with van der Waals surface area (Å²) in [5.74, 6) is 0.0831. The molecule has 1 fully saturated rings. The average Bonchev–Trinajstić information content (AvgIpc) is 2.73.